The van der Waals surface area contributed by atoms with Crippen LogP contribution in [0.2, 0.25) is 0 Å². The summed E-state index contributed by atoms with van der Waals surface area (Å²) in [7, 11) is 5.02. The van der Waals surface area contributed by atoms with Gasteiger partial charge in [0.1, 0.15) is 0 Å². The van der Waals surface area contributed by atoms with Crippen molar-refractivity contribution in [3.05, 3.63) is 23.8 Å². The predicted octanol–water partition coefficient (Wildman–Crippen LogP) is 1.88. The van der Waals surface area contributed by atoms with E-state index in [0.29, 0.717) is 12.0 Å². The molecule has 154 valence electrons. The van der Waals surface area contributed by atoms with Crippen molar-refractivity contribution in [2.45, 2.75) is 25.3 Å². The van der Waals surface area contributed by atoms with Crippen LogP contribution in [0.4, 0.5) is 0 Å². The number of hydrogen-bond acceptors (Lipinski definition) is 5. The summed E-state index contributed by atoms with van der Waals surface area (Å²) in [6, 6.07) is 6.40. The zero-order valence-electron chi connectivity index (χ0n) is 16.6. The second-order valence-electron chi connectivity index (χ2n) is 6.42. The van der Waals surface area contributed by atoms with Gasteiger partial charge in [-0.15, -0.1) is 24.0 Å². The number of nitrogens with one attached hydrogen (secondary N) is 1. The first-order chi connectivity index (χ1) is 12.7. The monoisotopic (exact) mass is 492 g/mol. The first kappa shape index (κ1) is 23.8. The molecule has 1 aliphatic rings. The van der Waals surface area contributed by atoms with Gasteiger partial charge in [0, 0.05) is 26.2 Å². The van der Waals surface area contributed by atoms with E-state index in [1.54, 1.807) is 21.3 Å². The molecule has 1 aromatic carbocycles. The second kappa shape index (κ2) is 13.0. The van der Waals surface area contributed by atoms with Gasteiger partial charge in [0.2, 0.25) is 0 Å². The Morgan fingerprint density at radius 1 is 1.26 bits per heavy atom. The molecule has 1 aliphatic heterocycles. The summed E-state index contributed by atoms with van der Waals surface area (Å²) in [6.45, 7) is 4.31. The van der Waals surface area contributed by atoms with E-state index in [0.717, 1.165) is 56.3 Å². The number of nitrogens with two attached hydrogens (primary N) is 1. The van der Waals surface area contributed by atoms with Crippen LogP contribution in [0.5, 0.6) is 11.5 Å². The minimum absolute atomic E-state index is 0. The number of guanidine groups is 1. The van der Waals surface area contributed by atoms with Crippen LogP contribution in [-0.4, -0.2) is 71.0 Å². The molecule has 2 rings (SSSR count). The lowest BCUT2D eigenvalue weighted by molar-refractivity contribution is 0.143. The van der Waals surface area contributed by atoms with Gasteiger partial charge < -0.3 is 25.3 Å². The summed E-state index contributed by atoms with van der Waals surface area (Å²) in [4.78, 5) is 6.95. The fourth-order valence-corrected chi connectivity index (χ4v) is 3.24. The van der Waals surface area contributed by atoms with Crippen molar-refractivity contribution in [1.29, 1.82) is 0 Å². The highest BCUT2D eigenvalue weighted by Gasteiger charge is 2.23. The number of likely N-dealkylation sites (tertiary alicyclic amines) is 1. The molecule has 8 heteroatoms. The molecular weight excluding hydrogens is 459 g/mol. The first-order valence-electron chi connectivity index (χ1n) is 9.15. The van der Waals surface area contributed by atoms with Gasteiger partial charge in [-0.1, -0.05) is 6.07 Å². The molecule has 0 aromatic heterocycles. The molecule has 7 nitrogen and oxygen atoms in total. The summed E-state index contributed by atoms with van der Waals surface area (Å²) in [6.07, 6.45) is 3.22. The van der Waals surface area contributed by atoms with Crippen LogP contribution in [0.1, 0.15) is 18.4 Å². The summed E-state index contributed by atoms with van der Waals surface area (Å²) in [5, 5.41) is 3.19. The number of hydrogen-bond donors (Lipinski definition) is 2. The lowest BCUT2D eigenvalue weighted by Crippen LogP contribution is -2.37. The van der Waals surface area contributed by atoms with Gasteiger partial charge in [0.25, 0.3) is 0 Å². The lowest BCUT2D eigenvalue weighted by atomic mass is 10.1. The molecule has 0 radical (unpaired) electrons. The number of rotatable bonds is 10. The third kappa shape index (κ3) is 7.71. The van der Waals surface area contributed by atoms with Gasteiger partial charge in [-0.05, 0) is 43.5 Å². The smallest absolute Gasteiger partial charge is 0.188 e. The molecule has 1 fully saturated rings. The van der Waals surface area contributed by atoms with E-state index < -0.39 is 0 Å². The topological polar surface area (TPSA) is 81.3 Å². The molecule has 0 aliphatic carbocycles. The van der Waals surface area contributed by atoms with Crippen molar-refractivity contribution in [3.63, 3.8) is 0 Å². The van der Waals surface area contributed by atoms with Gasteiger partial charge in [-0.2, -0.15) is 0 Å². The Balaban J connectivity index is 0.00000364. The van der Waals surface area contributed by atoms with Crippen molar-refractivity contribution in [2.24, 2.45) is 10.7 Å². The summed E-state index contributed by atoms with van der Waals surface area (Å²) in [5.41, 5.74) is 7.17. The van der Waals surface area contributed by atoms with Crippen LogP contribution in [0.25, 0.3) is 0 Å². The quantitative estimate of drug-likeness (QED) is 0.295. The van der Waals surface area contributed by atoms with Gasteiger partial charge in [0.15, 0.2) is 17.5 Å². The third-order valence-corrected chi connectivity index (χ3v) is 4.72. The SMILES string of the molecule is COCCN1CCCC1CN=C(N)NCCc1ccc(OC)c(OC)c1.I. The van der Waals surface area contributed by atoms with E-state index in [1.165, 1.54) is 12.8 Å². The van der Waals surface area contributed by atoms with Crippen LogP contribution in [0, 0.1) is 0 Å². The first-order valence-corrected chi connectivity index (χ1v) is 9.15. The second-order valence-corrected chi connectivity index (χ2v) is 6.42. The van der Waals surface area contributed by atoms with Gasteiger partial charge in [-0.3, -0.25) is 9.89 Å². The number of halogens is 1. The molecule has 1 unspecified atom stereocenters. The molecular formula is C19H33IN4O3. The minimum Gasteiger partial charge on any atom is -0.493 e. The number of nitrogens with zero attached hydrogens (tertiary/aromatic N) is 2. The third-order valence-electron chi connectivity index (χ3n) is 4.72. The van der Waals surface area contributed by atoms with Crippen molar-refractivity contribution >= 4 is 29.9 Å². The van der Waals surface area contributed by atoms with Crippen molar-refractivity contribution in [1.82, 2.24) is 10.2 Å². The Morgan fingerprint density at radius 3 is 2.74 bits per heavy atom. The van der Waals surface area contributed by atoms with E-state index in [1.807, 2.05) is 18.2 Å². The van der Waals surface area contributed by atoms with Crippen LogP contribution in [0.15, 0.2) is 23.2 Å². The van der Waals surface area contributed by atoms with Crippen molar-refractivity contribution in [3.8, 4) is 11.5 Å². The fraction of sp³-hybridized carbons (Fsp3) is 0.632. The lowest BCUT2D eigenvalue weighted by Gasteiger charge is -2.22. The standard InChI is InChI=1S/C19H32N4O3.HI/c1-24-12-11-23-10-4-5-16(23)14-22-19(20)21-9-8-15-6-7-17(25-2)18(13-15)26-3;/h6-7,13,16H,4-5,8-12,14H2,1-3H3,(H3,20,21,22);1H. The van der Waals surface area contributed by atoms with Crippen LogP contribution >= 0.6 is 24.0 Å². The van der Waals surface area contributed by atoms with Gasteiger partial charge in [0.05, 0.1) is 27.4 Å². The summed E-state index contributed by atoms with van der Waals surface area (Å²) in [5.74, 6) is 1.98. The summed E-state index contributed by atoms with van der Waals surface area (Å²) < 4.78 is 15.8. The minimum atomic E-state index is 0. The van der Waals surface area contributed by atoms with Crippen LogP contribution < -0.4 is 20.5 Å². The Hall–Kier alpha value is -1.26. The van der Waals surface area contributed by atoms with Crippen LogP contribution in [0.3, 0.4) is 0 Å². The Bertz CT molecular complexity index is 586. The molecule has 0 saturated carbocycles. The Labute approximate surface area is 179 Å². The summed E-state index contributed by atoms with van der Waals surface area (Å²) >= 11 is 0. The predicted molar refractivity (Wildman–Crippen MR) is 120 cm³/mol. The Kier molecular flexibility index (Phi) is 11.5. The average Bonchev–Trinajstić information content (AvgIpc) is 3.11. The Morgan fingerprint density at radius 2 is 2.04 bits per heavy atom. The molecule has 27 heavy (non-hydrogen) atoms. The largest absolute Gasteiger partial charge is 0.493 e. The van der Waals surface area contributed by atoms with Gasteiger partial charge >= 0.3 is 0 Å². The van der Waals surface area contributed by atoms with E-state index in [9.17, 15) is 0 Å². The molecule has 1 atom stereocenters. The van der Waals surface area contributed by atoms with E-state index in [4.69, 9.17) is 19.9 Å². The average molecular weight is 492 g/mol. The van der Waals surface area contributed by atoms with Gasteiger partial charge in [-0.25, -0.2) is 0 Å². The maximum Gasteiger partial charge on any atom is 0.188 e. The number of methoxy groups -OCH3 is 3. The molecule has 0 bridgehead atoms. The number of aliphatic imine (C=N–C) groups is 1. The number of benzene rings is 1. The highest BCUT2D eigenvalue weighted by atomic mass is 127. The maximum absolute atomic E-state index is 6.01. The molecule has 1 aromatic rings. The zero-order chi connectivity index (χ0) is 18.8. The van der Waals surface area contributed by atoms with Crippen molar-refractivity contribution < 1.29 is 14.2 Å². The zero-order valence-corrected chi connectivity index (χ0v) is 18.9. The normalized spacial score (nSPS) is 17.4. The maximum atomic E-state index is 6.01. The van der Waals surface area contributed by atoms with E-state index in [2.05, 4.69) is 15.2 Å². The van der Waals surface area contributed by atoms with Crippen LogP contribution in [-0.2, 0) is 11.2 Å². The molecule has 1 saturated heterocycles. The highest BCUT2D eigenvalue weighted by Crippen LogP contribution is 2.27. The molecule has 0 spiro atoms. The molecule has 0 amide bonds. The van der Waals surface area contributed by atoms with E-state index >= 15 is 0 Å². The fourth-order valence-electron chi connectivity index (χ4n) is 3.24. The number of ether oxygens (including phenoxy) is 3. The molecule has 1 heterocycles. The molecule has 3 N–H and O–H groups in total. The van der Waals surface area contributed by atoms with E-state index in [-0.39, 0.29) is 24.0 Å². The van der Waals surface area contributed by atoms with Crippen molar-refractivity contribution in [2.75, 3.05) is 54.1 Å². The highest BCUT2D eigenvalue weighted by molar-refractivity contribution is 14.0.